The molecule has 0 spiro atoms. The van der Waals surface area contributed by atoms with Gasteiger partial charge in [0.2, 0.25) is 0 Å². The lowest BCUT2D eigenvalue weighted by atomic mass is 9.71. The third kappa shape index (κ3) is 1.82. The summed E-state index contributed by atoms with van der Waals surface area (Å²) >= 11 is 6.74. The molecular formula is C15H20N2OS2. The first-order valence-corrected chi connectivity index (χ1v) is 8.33. The molecule has 1 aromatic rings. The van der Waals surface area contributed by atoms with E-state index in [0.717, 1.165) is 23.6 Å². The number of rotatable bonds is 2. The quantitative estimate of drug-likeness (QED) is 0.664. The fraction of sp³-hybridized carbons (Fsp3) is 0.667. The van der Waals surface area contributed by atoms with E-state index in [-0.39, 0.29) is 22.0 Å². The molecule has 0 aromatic carbocycles. The number of carbonyl (C=O) groups is 1. The van der Waals surface area contributed by atoms with Gasteiger partial charge in [-0.3, -0.25) is 4.79 Å². The number of Topliss-reactive ketones (excluding diaryl/α,β-unsaturated/α-hetero) is 1. The lowest BCUT2D eigenvalue weighted by Crippen LogP contribution is -2.35. The minimum atomic E-state index is 0.0138. The summed E-state index contributed by atoms with van der Waals surface area (Å²) in [5.41, 5.74) is 1.15. The minimum absolute atomic E-state index is 0.0138. The number of hydrogen-bond acceptors (Lipinski definition) is 4. The van der Waals surface area contributed by atoms with Crippen molar-refractivity contribution in [2.24, 2.45) is 16.7 Å². The molecule has 2 aliphatic carbocycles. The average molecular weight is 308 g/mol. The standard InChI is InChI=1S/C15H20N2OS2/c1-8-7-10(17-13(19)16-8)20-12-11(18)9-5-6-15(12,4)14(9,2)3/h7,9,12H,5-6H2,1-4H3,(H,16,17,19)/t9-,12+,15-/m0/s1. The normalized spacial score (nSPS) is 34.7. The fourth-order valence-electron chi connectivity index (χ4n) is 3.91. The highest BCUT2D eigenvalue weighted by atomic mass is 32.2. The van der Waals surface area contributed by atoms with Gasteiger partial charge in [0.05, 0.1) is 5.25 Å². The minimum Gasteiger partial charge on any atom is -0.335 e. The maximum Gasteiger partial charge on any atom is 0.198 e. The van der Waals surface area contributed by atoms with Crippen LogP contribution in [0.15, 0.2) is 11.1 Å². The molecule has 0 aliphatic heterocycles. The smallest absolute Gasteiger partial charge is 0.198 e. The van der Waals surface area contributed by atoms with Crippen molar-refractivity contribution in [3.05, 3.63) is 16.5 Å². The molecule has 3 rings (SSSR count). The molecule has 0 radical (unpaired) electrons. The number of aryl methyl sites for hydroxylation is 1. The number of H-pyrrole nitrogens is 1. The van der Waals surface area contributed by atoms with Gasteiger partial charge in [-0.1, -0.05) is 32.5 Å². The monoisotopic (exact) mass is 308 g/mol. The third-order valence-corrected chi connectivity index (χ3v) is 7.20. The van der Waals surface area contributed by atoms with Crippen LogP contribution >= 0.6 is 24.0 Å². The molecule has 0 saturated heterocycles. The van der Waals surface area contributed by atoms with Crippen molar-refractivity contribution in [3.8, 4) is 0 Å². The van der Waals surface area contributed by atoms with Crippen LogP contribution in [0.3, 0.4) is 0 Å². The van der Waals surface area contributed by atoms with Crippen LogP contribution in [0, 0.1) is 28.4 Å². The van der Waals surface area contributed by atoms with E-state index in [1.165, 1.54) is 0 Å². The Balaban J connectivity index is 1.96. The summed E-state index contributed by atoms with van der Waals surface area (Å²) in [6.45, 7) is 8.74. The Hall–Kier alpha value is -0.680. The largest absolute Gasteiger partial charge is 0.335 e. The number of fused-ring (bicyclic) bond motifs is 2. The third-order valence-electron chi connectivity index (χ3n) is 5.57. The summed E-state index contributed by atoms with van der Waals surface area (Å²) in [6, 6.07) is 1.98. The summed E-state index contributed by atoms with van der Waals surface area (Å²) in [5.74, 6) is 0.622. The molecule has 5 heteroatoms. The lowest BCUT2D eigenvalue weighted by Gasteiger charge is -2.37. The first-order valence-electron chi connectivity index (χ1n) is 7.04. The second-order valence-electron chi connectivity index (χ2n) is 6.84. The molecule has 1 aromatic heterocycles. The number of thioether (sulfide) groups is 1. The van der Waals surface area contributed by atoms with Crippen LogP contribution in [0.1, 0.15) is 39.3 Å². The van der Waals surface area contributed by atoms with E-state index in [4.69, 9.17) is 12.2 Å². The fourth-order valence-corrected chi connectivity index (χ4v) is 5.82. The Morgan fingerprint density at radius 2 is 2.15 bits per heavy atom. The van der Waals surface area contributed by atoms with Gasteiger partial charge in [-0.25, -0.2) is 4.98 Å². The van der Waals surface area contributed by atoms with Crippen molar-refractivity contribution in [3.63, 3.8) is 0 Å². The summed E-state index contributed by atoms with van der Waals surface area (Å²) in [5, 5.41) is 0.883. The Labute approximate surface area is 129 Å². The molecule has 108 valence electrons. The number of nitrogens with zero attached hydrogens (tertiary/aromatic N) is 1. The Bertz CT molecular complexity index is 637. The molecule has 2 fully saturated rings. The van der Waals surface area contributed by atoms with Crippen molar-refractivity contribution >= 4 is 29.8 Å². The van der Waals surface area contributed by atoms with Gasteiger partial charge in [0.1, 0.15) is 10.8 Å². The predicted molar refractivity (Wildman–Crippen MR) is 83.4 cm³/mol. The van der Waals surface area contributed by atoms with E-state index in [9.17, 15) is 4.79 Å². The van der Waals surface area contributed by atoms with Crippen LogP contribution in [0.5, 0.6) is 0 Å². The van der Waals surface area contributed by atoms with Crippen molar-refractivity contribution in [2.45, 2.75) is 50.8 Å². The Morgan fingerprint density at radius 3 is 2.70 bits per heavy atom. The van der Waals surface area contributed by atoms with Crippen LogP contribution in [-0.4, -0.2) is 21.0 Å². The topological polar surface area (TPSA) is 45.8 Å². The van der Waals surface area contributed by atoms with E-state index in [1.807, 2.05) is 13.0 Å². The zero-order valence-corrected chi connectivity index (χ0v) is 14.0. The maximum atomic E-state index is 12.7. The van der Waals surface area contributed by atoms with Crippen LogP contribution in [0.25, 0.3) is 0 Å². The highest BCUT2D eigenvalue weighted by Crippen LogP contribution is 2.67. The second-order valence-corrected chi connectivity index (χ2v) is 8.35. The molecule has 0 unspecified atom stereocenters. The van der Waals surface area contributed by atoms with Crippen LogP contribution in [0.4, 0.5) is 0 Å². The maximum absolute atomic E-state index is 12.7. The number of nitrogens with one attached hydrogen (secondary N) is 1. The zero-order valence-electron chi connectivity index (χ0n) is 12.3. The average Bonchev–Trinajstić information content (AvgIpc) is 2.62. The number of hydrogen-bond donors (Lipinski definition) is 1. The highest BCUT2D eigenvalue weighted by molar-refractivity contribution is 8.00. The van der Waals surface area contributed by atoms with Gasteiger partial charge in [-0.15, -0.1) is 0 Å². The number of aromatic nitrogens is 2. The summed E-state index contributed by atoms with van der Waals surface area (Å²) in [4.78, 5) is 20.1. The van der Waals surface area contributed by atoms with Gasteiger partial charge in [0.25, 0.3) is 0 Å². The SMILES string of the molecule is Cc1cc(S[C@@H]2C(=O)[C@@H]3CC[C@]2(C)C3(C)C)nc(=S)[nH]1. The predicted octanol–water partition coefficient (Wildman–Crippen LogP) is 3.93. The molecule has 2 saturated carbocycles. The number of ketones is 1. The molecular weight excluding hydrogens is 288 g/mol. The molecule has 0 amide bonds. The number of carbonyl (C=O) groups excluding carboxylic acids is 1. The van der Waals surface area contributed by atoms with Gasteiger partial charge >= 0.3 is 0 Å². The van der Waals surface area contributed by atoms with E-state index in [1.54, 1.807) is 11.8 Å². The summed E-state index contributed by atoms with van der Waals surface area (Å²) in [7, 11) is 0. The van der Waals surface area contributed by atoms with E-state index in [2.05, 4.69) is 30.7 Å². The molecule has 1 N–H and O–H groups in total. The molecule has 2 bridgehead atoms. The van der Waals surface area contributed by atoms with Gasteiger partial charge in [0.15, 0.2) is 4.77 Å². The van der Waals surface area contributed by atoms with Gasteiger partial charge < -0.3 is 4.98 Å². The highest BCUT2D eigenvalue weighted by Gasteiger charge is 2.66. The summed E-state index contributed by atoms with van der Waals surface area (Å²) in [6.07, 6.45) is 2.17. The van der Waals surface area contributed by atoms with Gasteiger partial charge in [0, 0.05) is 11.6 Å². The van der Waals surface area contributed by atoms with Gasteiger partial charge in [-0.2, -0.15) is 0 Å². The van der Waals surface area contributed by atoms with Crippen LogP contribution < -0.4 is 0 Å². The summed E-state index contributed by atoms with van der Waals surface area (Å²) < 4.78 is 0.493. The van der Waals surface area contributed by atoms with E-state index in [0.29, 0.717) is 10.6 Å². The zero-order chi connectivity index (χ0) is 14.7. The number of aromatic amines is 1. The lowest BCUT2D eigenvalue weighted by molar-refractivity contribution is -0.122. The Kier molecular flexibility index (Phi) is 3.14. The van der Waals surface area contributed by atoms with Crippen LogP contribution in [0.2, 0.25) is 0 Å². The molecule has 3 atom stereocenters. The molecule has 20 heavy (non-hydrogen) atoms. The van der Waals surface area contributed by atoms with E-state index >= 15 is 0 Å². The Morgan fingerprint density at radius 1 is 1.45 bits per heavy atom. The molecule has 2 aliphatic rings. The van der Waals surface area contributed by atoms with E-state index < -0.39 is 0 Å². The molecule has 3 nitrogen and oxygen atoms in total. The first-order chi connectivity index (χ1) is 9.25. The second kappa shape index (κ2) is 4.41. The van der Waals surface area contributed by atoms with Crippen molar-refractivity contribution in [1.82, 2.24) is 9.97 Å². The first kappa shape index (κ1) is 14.3. The van der Waals surface area contributed by atoms with Crippen LogP contribution in [-0.2, 0) is 4.79 Å². The van der Waals surface area contributed by atoms with Gasteiger partial charge in [-0.05, 0) is 48.9 Å². The van der Waals surface area contributed by atoms with Crippen molar-refractivity contribution in [1.29, 1.82) is 0 Å². The van der Waals surface area contributed by atoms with Crippen molar-refractivity contribution in [2.75, 3.05) is 0 Å². The van der Waals surface area contributed by atoms with Crippen molar-refractivity contribution < 1.29 is 4.79 Å². The molecule has 1 heterocycles.